The summed E-state index contributed by atoms with van der Waals surface area (Å²) in [5, 5.41) is 18.8. The number of thioether (sulfide) groups is 1. The normalized spacial score (nSPS) is 18.2. The smallest absolute Gasteiger partial charge is 0.265 e. The lowest BCUT2D eigenvalue weighted by molar-refractivity contribution is -0.121. The van der Waals surface area contributed by atoms with E-state index in [9.17, 15) is 9.90 Å². The fraction of sp³-hybridized carbons (Fsp3) is 0.0909. The molecule has 1 amide bonds. The van der Waals surface area contributed by atoms with Crippen LogP contribution in [-0.4, -0.2) is 32.4 Å². The Hall–Kier alpha value is -1.53. The second-order valence-corrected chi connectivity index (χ2v) is 5.16. The van der Waals surface area contributed by atoms with E-state index < -0.39 is 0 Å². The van der Waals surface area contributed by atoms with Crippen LogP contribution in [0, 0.1) is 0 Å². The van der Waals surface area contributed by atoms with Crippen molar-refractivity contribution >= 4 is 40.3 Å². The molecule has 0 radical (unpaired) electrons. The first-order chi connectivity index (χ1) is 7.99. The molecule has 0 saturated carbocycles. The number of phenolic OH excluding ortho intramolecular Hbond substituents is 2. The molecule has 1 fully saturated rings. The fourth-order valence-electron chi connectivity index (χ4n) is 1.34. The lowest BCUT2D eigenvalue weighted by Crippen LogP contribution is -2.22. The number of nitrogens with zero attached hydrogens (tertiary/aromatic N) is 1. The summed E-state index contributed by atoms with van der Waals surface area (Å²) >= 11 is 6.18. The van der Waals surface area contributed by atoms with Crippen LogP contribution in [-0.2, 0) is 4.79 Å². The number of aromatic hydroxyl groups is 2. The first kappa shape index (κ1) is 11.9. The van der Waals surface area contributed by atoms with Crippen LogP contribution in [0.1, 0.15) is 5.56 Å². The zero-order chi connectivity index (χ0) is 12.6. The van der Waals surface area contributed by atoms with Gasteiger partial charge in [0.2, 0.25) is 0 Å². The van der Waals surface area contributed by atoms with Gasteiger partial charge in [-0.15, -0.1) is 0 Å². The second-order valence-electron chi connectivity index (χ2n) is 3.48. The van der Waals surface area contributed by atoms with Crippen molar-refractivity contribution in [1.82, 2.24) is 4.90 Å². The summed E-state index contributed by atoms with van der Waals surface area (Å²) in [7, 11) is 1.61. The maximum absolute atomic E-state index is 11.7. The molecule has 0 spiro atoms. The molecule has 0 unspecified atom stereocenters. The third-order valence-corrected chi connectivity index (χ3v) is 3.77. The Morgan fingerprint density at radius 1 is 1.41 bits per heavy atom. The predicted molar refractivity (Wildman–Crippen MR) is 70.7 cm³/mol. The number of amides is 1. The van der Waals surface area contributed by atoms with E-state index >= 15 is 0 Å². The Morgan fingerprint density at radius 3 is 2.65 bits per heavy atom. The summed E-state index contributed by atoms with van der Waals surface area (Å²) in [4.78, 5) is 13.6. The largest absolute Gasteiger partial charge is 0.508 e. The van der Waals surface area contributed by atoms with E-state index in [4.69, 9.17) is 17.3 Å². The number of carbonyl (C=O) groups excluding carboxylic acids is 1. The van der Waals surface area contributed by atoms with Gasteiger partial charge in [0.05, 0.1) is 4.91 Å². The topological polar surface area (TPSA) is 60.8 Å². The molecule has 6 heteroatoms. The van der Waals surface area contributed by atoms with E-state index in [2.05, 4.69) is 0 Å². The highest BCUT2D eigenvalue weighted by Crippen LogP contribution is 2.33. The molecular weight excluding hydrogens is 258 g/mol. The highest BCUT2D eigenvalue weighted by atomic mass is 32.2. The van der Waals surface area contributed by atoms with Gasteiger partial charge in [-0.2, -0.15) is 0 Å². The zero-order valence-electron chi connectivity index (χ0n) is 8.88. The molecule has 1 aliphatic heterocycles. The molecule has 0 aliphatic carbocycles. The average Bonchev–Trinajstić information content (AvgIpc) is 2.50. The van der Waals surface area contributed by atoms with Crippen molar-refractivity contribution in [3.8, 4) is 11.5 Å². The number of carbonyl (C=O) groups is 1. The summed E-state index contributed by atoms with van der Waals surface area (Å²) in [6.07, 6.45) is 1.55. The van der Waals surface area contributed by atoms with Crippen molar-refractivity contribution < 1.29 is 15.0 Å². The van der Waals surface area contributed by atoms with Crippen molar-refractivity contribution in [1.29, 1.82) is 0 Å². The Balaban J connectivity index is 2.37. The van der Waals surface area contributed by atoms with Crippen molar-refractivity contribution in [2.24, 2.45) is 0 Å². The minimum atomic E-state index is -0.188. The molecule has 0 aromatic heterocycles. The third-order valence-electron chi connectivity index (χ3n) is 2.29. The highest BCUT2D eigenvalue weighted by molar-refractivity contribution is 8.26. The summed E-state index contributed by atoms with van der Waals surface area (Å²) in [5.41, 5.74) is 0.469. The first-order valence-electron chi connectivity index (χ1n) is 4.72. The minimum Gasteiger partial charge on any atom is -0.508 e. The van der Waals surface area contributed by atoms with Gasteiger partial charge >= 0.3 is 0 Å². The van der Waals surface area contributed by atoms with Gasteiger partial charge in [-0.05, 0) is 18.2 Å². The van der Waals surface area contributed by atoms with Crippen LogP contribution in [0.2, 0.25) is 0 Å². The molecular formula is C11H9NO3S2. The number of rotatable bonds is 1. The molecule has 88 valence electrons. The number of thiocarbonyl (C=S) groups is 1. The molecule has 0 bridgehead atoms. The Bertz CT molecular complexity index is 540. The molecule has 1 aliphatic rings. The fourth-order valence-corrected chi connectivity index (χ4v) is 2.51. The highest BCUT2D eigenvalue weighted by Gasteiger charge is 2.28. The molecule has 1 aromatic rings. The molecule has 0 atom stereocenters. The van der Waals surface area contributed by atoms with E-state index in [1.807, 2.05) is 0 Å². The first-order valence-corrected chi connectivity index (χ1v) is 5.95. The molecule has 1 saturated heterocycles. The Morgan fingerprint density at radius 2 is 2.12 bits per heavy atom. The minimum absolute atomic E-state index is 0.0253. The van der Waals surface area contributed by atoms with Gasteiger partial charge in [0.1, 0.15) is 15.8 Å². The number of benzene rings is 1. The van der Waals surface area contributed by atoms with Crippen molar-refractivity contribution in [2.45, 2.75) is 0 Å². The predicted octanol–water partition coefficient (Wildman–Crippen LogP) is 1.93. The van der Waals surface area contributed by atoms with Crippen LogP contribution < -0.4 is 0 Å². The molecule has 2 rings (SSSR count). The summed E-state index contributed by atoms with van der Waals surface area (Å²) in [6.45, 7) is 0. The lowest BCUT2D eigenvalue weighted by atomic mass is 10.1. The van der Waals surface area contributed by atoms with Gasteiger partial charge in [0.25, 0.3) is 5.91 Å². The maximum atomic E-state index is 11.7. The van der Waals surface area contributed by atoms with Gasteiger partial charge in [0, 0.05) is 18.7 Å². The van der Waals surface area contributed by atoms with E-state index in [1.165, 1.54) is 34.9 Å². The Labute approximate surface area is 108 Å². The van der Waals surface area contributed by atoms with E-state index in [0.717, 1.165) is 0 Å². The van der Waals surface area contributed by atoms with Crippen LogP contribution in [0.15, 0.2) is 23.1 Å². The second kappa shape index (κ2) is 4.38. The van der Waals surface area contributed by atoms with E-state index in [0.29, 0.717) is 14.8 Å². The SMILES string of the molecule is CN1C(=O)/C(=C\c2ccc(O)cc2O)SC1=S. The third kappa shape index (κ3) is 2.27. The maximum Gasteiger partial charge on any atom is 0.265 e. The van der Waals surface area contributed by atoms with Crippen LogP contribution in [0.25, 0.3) is 6.08 Å². The number of hydrogen-bond donors (Lipinski definition) is 2. The molecule has 1 heterocycles. The van der Waals surface area contributed by atoms with E-state index in [-0.39, 0.29) is 17.4 Å². The summed E-state index contributed by atoms with van der Waals surface area (Å²) in [6, 6.07) is 4.20. The van der Waals surface area contributed by atoms with Gasteiger partial charge in [-0.1, -0.05) is 24.0 Å². The van der Waals surface area contributed by atoms with Gasteiger partial charge < -0.3 is 10.2 Å². The average molecular weight is 267 g/mol. The molecule has 17 heavy (non-hydrogen) atoms. The zero-order valence-corrected chi connectivity index (χ0v) is 10.5. The quantitative estimate of drug-likeness (QED) is 0.601. The molecule has 2 N–H and O–H groups in total. The van der Waals surface area contributed by atoms with Gasteiger partial charge in [-0.3, -0.25) is 9.69 Å². The number of likely N-dealkylation sites (N-methyl/N-ethyl adjacent to an activating group) is 1. The monoisotopic (exact) mass is 267 g/mol. The lowest BCUT2D eigenvalue weighted by Gasteiger charge is -2.03. The van der Waals surface area contributed by atoms with Crippen molar-refractivity contribution in [3.63, 3.8) is 0 Å². The standard InChI is InChI=1S/C11H9NO3S2/c1-12-10(15)9(17-11(12)16)4-6-2-3-7(13)5-8(6)14/h2-5,13-14H,1H3/b9-4+. The van der Waals surface area contributed by atoms with E-state index in [1.54, 1.807) is 13.1 Å². The summed E-state index contributed by atoms with van der Waals surface area (Å²) in [5.74, 6) is -0.290. The van der Waals surface area contributed by atoms with Crippen LogP contribution >= 0.6 is 24.0 Å². The van der Waals surface area contributed by atoms with Gasteiger partial charge in [0.15, 0.2) is 0 Å². The molecule has 4 nitrogen and oxygen atoms in total. The number of hydrogen-bond acceptors (Lipinski definition) is 5. The molecule has 1 aromatic carbocycles. The van der Waals surface area contributed by atoms with Crippen molar-refractivity contribution in [2.75, 3.05) is 7.05 Å². The summed E-state index contributed by atoms with van der Waals surface area (Å²) < 4.78 is 0.486. The van der Waals surface area contributed by atoms with Crippen LogP contribution in [0.4, 0.5) is 0 Å². The van der Waals surface area contributed by atoms with Crippen LogP contribution in [0.5, 0.6) is 11.5 Å². The Kier molecular flexibility index (Phi) is 3.08. The van der Waals surface area contributed by atoms with Gasteiger partial charge in [-0.25, -0.2) is 0 Å². The van der Waals surface area contributed by atoms with Crippen LogP contribution in [0.3, 0.4) is 0 Å². The number of phenols is 2. The van der Waals surface area contributed by atoms with Crippen molar-refractivity contribution in [3.05, 3.63) is 28.7 Å².